The van der Waals surface area contributed by atoms with Crippen molar-refractivity contribution in [2.75, 3.05) is 47.4 Å². The zero-order chi connectivity index (χ0) is 12.8. The molecule has 4 heteroatoms. The molecule has 2 unspecified atom stereocenters. The van der Waals surface area contributed by atoms with Crippen molar-refractivity contribution in [2.24, 2.45) is 0 Å². The Hall–Kier alpha value is -0.160. The number of hydrogen-bond donors (Lipinski definition) is 1. The highest BCUT2D eigenvalue weighted by atomic mass is 16.5. The Morgan fingerprint density at radius 1 is 1.29 bits per heavy atom. The fourth-order valence-electron chi connectivity index (χ4n) is 2.26. The predicted molar refractivity (Wildman–Crippen MR) is 72.5 cm³/mol. The lowest BCUT2D eigenvalue weighted by Crippen LogP contribution is -2.52. The van der Waals surface area contributed by atoms with E-state index >= 15 is 0 Å². The molecule has 4 nitrogen and oxygen atoms in total. The van der Waals surface area contributed by atoms with E-state index in [4.69, 9.17) is 4.74 Å². The van der Waals surface area contributed by atoms with Gasteiger partial charge in [-0.25, -0.2) is 0 Å². The molecule has 0 aliphatic carbocycles. The molecule has 0 aromatic heterocycles. The molecule has 1 N–H and O–H groups in total. The van der Waals surface area contributed by atoms with Crippen molar-refractivity contribution in [1.29, 1.82) is 0 Å². The molecule has 1 heterocycles. The zero-order valence-electron chi connectivity index (χ0n) is 12.1. The van der Waals surface area contributed by atoms with E-state index in [-0.39, 0.29) is 0 Å². The van der Waals surface area contributed by atoms with Gasteiger partial charge in [-0.15, -0.1) is 0 Å². The van der Waals surface area contributed by atoms with Crippen molar-refractivity contribution >= 4 is 0 Å². The summed E-state index contributed by atoms with van der Waals surface area (Å²) in [6, 6.07) is 1.10. The first-order chi connectivity index (χ1) is 8.02. The van der Waals surface area contributed by atoms with Crippen molar-refractivity contribution in [3.8, 4) is 0 Å². The summed E-state index contributed by atoms with van der Waals surface area (Å²) in [4.78, 5) is 4.89. The van der Waals surface area contributed by atoms with E-state index < -0.39 is 0 Å². The largest absolute Gasteiger partial charge is 0.377 e. The molecule has 0 aromatic rings. The van der Waals surface area contributed by atoms with Crippen molar-refractivity contribution in [3.05, 3.63) is 0 Å². The molecule has 0 spiro atoms. The van der Waals surface area contributed by atoms with Crippen molar-refractivity contribution in [3.63, 3.8) is 0 Å². The zero-order valence-corrected chi connectivity index (χ0v) is 12.1. The average molecular weight is 243 g/mol. The maximum Gasteiger partial charge on any atom is 0.0623 e. The van der Waals surface area contributed by atoms with Crippen LogP contribution in [-0.2, 0) is 4.74 Å². The topological polar surface area (TPSA) is 27.7 Å². The van der Waals surface area contributed by atoms with Gasteiger partial charge in [0.25, 0.3) is 0 Å². The monoisotopic (exact) mass is 243 g/mol. The second-order valence-corrected chi connectivity index (χ2v) is 5.50. The van der Waals surface area contributed by atoms with Gasteiger partial charge in [0, 0.05) is 31.7 Å². The number of piperazine rings is 1. The van der Waals surface area contributed by atoms with Gasteiger partial charge in [-0.05, 0) is 41.4 Å². The molecule has 17 heavy (non-hydrogen) atoms. The third-order valence-electron chi connectivity index (χ3n) is 3.58. The van der Waals surface area contributed by atoms with E-state index in [1.54, 1.807) is 0 Å². The summed E-state index contributed by atoms with van der Waals surface area (Å²) in [5.74, 6) is 0. The maximum atomic E-state index is 5.70. The summed E-state index contributed by atoms with van der Waals surface area (Å²) in [5, 5.41) is 3.37. The Morgan fingerprint density at radius 2 is 2.00 bits per heavy atom. The smallest absolute Gasteiger partial charge is 0.0623 e. The predicted octanol–water partition coefficient (Wildman–Crippen LogP) is 0.635. The second kappa shape index (κ2) is 7.31. The standard InChI is InChI=1S/C13H29N3O/c1-11(2)17-10-12(14-3)8-13-9-15(4)6-7-16(13)5/h11-14H,6-10H2,1-5H3. The highest BCUT2D eigenvalue weighted by molar-refractivity contribution is 4.82. The van der Waals surface area contributed by atoms with Crippen LogP contribution >= 0.6 is 0 Å². The summed E-state index contributed by atoms with van der Waals surface area (Å²) < 4.78 is 5.70. The quantitative estimate of drug-likeness (QED) is 0.741. The van der Waals surface area contributed by atoms with Crippen LogP contribution in [0.4, 0.5) is 0 Å². The van der Waals surface area contributed by atoms with Gasteiger partial charge in [-0.3, -0.25) is 0 Å². The fraction of sp³-hybridized carbons (Fsp3) is 1.00. The lowest BCUT2D eigenvalue weighted by molar-refractivity contribution is 0.0443. The van der Waals surface area contributed by atoms with E-state index in [0.29, 0.717) is 18.2 Å². The van der Waals surface area contributed by atoms with Crippen LogP contribution in [-0.4, -0.2) is 75.4 Å². The van der Waals surface area contributed by atoms with Crippen molar-refractivity contribution in [2.45, 2.75) is 38.5 Å². The summed E-state index contributed by atoms with van der Waals surface area (Å²) >= 11 is 0. The van der Waals surface area contributed by atoms with Gasteiger partial charge >= 0.3 is 0 Å². The van der Waals surface area contributed by atoms with Gasteiger partial charge < -0.3 is 19.9 Å². The molecule has 1 rings (SSSR count). The molecule has 0 aromatic carbocycles. The fourth-order valence-corrected chi connectivity index (χ4v) is 2.26. The van der Waals surface area contributed by atoms with Crippen LogP contribution in [0.15, 0.2) is 0 Å². The van der Waals surface area contributed by atoms with Gasteiger partial charge in [-0.2, -0.15) is 0 Å². The Balaban J connectivity index is 2.37. The SMILES string of the molecule is CNC(COC(C)C)CC1CN(C)CCN1C. The lowest BCUT2D eigenvalue weighted by Gasteiger charge is -2.39. The molecule has 0 amide bonds. The molecule has 0 radical (unpaired) electrons. The maximum absolute atomic E-state index is 5.70. The van der Waals surface area contributed by atoms with Crippen LogP contribution in [0.25, 0.3) is 0 Å². The molecular weight excluding hydrogens is 214 g/mol. The number of ether oxygens (including phenoxy) is 1. The summed E-state index contributed by atoms with van der Waals surface area (Å²) in [6.45, 7) is 8.50. The van der Waals surface area contributed by atoms with Gasteiger partial charge in [0.15, 0.2) is 0 Å². The van der Waals surface area contributed by atoms with E-state index in [0.717, 1.165) is 19.6 Å². The van der Waals surface area contributed by atoms with E-state index in [1.807, 2.05) is 7.05 Å². The molecule has 1 saturated heterocycles. The Morgan fingerprint density at radius 3 is 2.59 bits per heavy atom. The van der Waals surface area contributed by atoms with Crippen LogP contribution < -0.4 is 5.32 Å². The summed E-state index contributed by atoms with van der Waals surface area (Å²) in [7, 11) is 6.47. The van der Waals surface area contributed by atoms with Crippen LogP contribution in [0, 0.1) is 0 Å². The van der Waals surface area contributed by atoms with Gasteiger partial charge in [0.1, 0.15) is 0 Å². The third kappa shape index (κ3) is 5.34. The van der Waals surface area contributed by atoms with Crippen molar-refractivity contribution in [1.82, 2.24) is 15.1 Å². The van der Waals surface area contributed by atoms with Gasteiger partial charge in [0.05, 0.1) is 12.7 Å². The number of nitrogens with one attached hydrogen (secondary N) is 1. The van der Waals surface area contributed by atoms with Crippen LogP contribution in [0.2, 0.25) is 0 Å². The van der Waals surface area contributed by atoms with Gasteiger partial charge in [-0.1, -0.05) is 0 Å². The number of rotatable bonds is 6. The molecular formula is C13H29N3O. The average Bonchev–Trinajstić information content (AvgIpc) is 2.28. The van der Waals surface area contributed by atoms with Crippen LogP contribution in [0.3, 0.4) is 0 Å². The second-order valence-electron chi connectivity index (χ2n) is 5.50. The Kier molecular flexibility index (Phi) is 6.41. The number of hydrogen-bond acceptors (Lipinski definition) is 4. The summed E-state index contributed by atoms with van der Waals surface area (Å²) in [5.41, 5.74) is 0. The number of likely N-dealkylation sites (N-methyl/N-ethyl adjacent to an activating group) is 3. The first kappa shape index (κ1) is 14.9. The first-order valence-corrected chi connectivity index (χ1v) is 6.70. The Bertz CT molecular complexity index is 211. The first-order valence-electron chi connectivity index (χ1n) is 6.70. The molecule has 0 saturated carbocycles. The molecule has 1 aliphatic heterocycles. The van der Waals surface area contributed by atoms with E-state index in [1.165, 1.54) is 13.1 Å². The minimum absolute atomic E-state index is 0.317. The molecule has 1 aliphatic rings. The highest BCUT2D eigenvalue weighted by Gasteiger charge is 2.24. The van der Waals surface area contributed by atoms with E-state index in [2.05, 4.69) is 43.1 Å². The molecule has 2 atom stereocenters. The minimum atomic E-state index is 0.317. The molecule has 1 fully saturated rings. The van der Waals surface area contributed by atoms with Crippen LogP contribution in [0.5, 0.6) is 0 Å². The van der Waals surface area contributed by atoms with Gasteiger partial charge in [0.2, 0.25) is 0 Å². The van der Waals surface area contributed by atoms with E-state index in [9.17, 15) is 0 Å². The number of nitrogens with zero attached hydrogens (tertiary/aromatic N) is 2. The van der Waals surface area contributed by atoms with Crippen LogP contribution in [0.1, 0.15) is 20.3 Å². The normalized spacial score (nSPS) is 25.4. The minimum Gasteiger partial charge on any atom is -0.377 e. The Labute approximate surface area is 106 Å². The third-order valence-corrected chi connectivity index (χ3v) is 3.58. The molecule has 102 valence electrons. The highest BCUT2D eigenvalue weighted by Crippen LogP contribution is 2.12. The van der Waals surface area contributed by atoms with Crippen molar-refractivity contribution < 1.29 is 4.74 Å². The summed E-state index contributed by atoms with van der Waals surface area (Å²) in [6.07, 6.45) is 1.47. The lowest BCUT2D eigenvalue weighted by atomic mass is 10.0. The molecule has 0 bridgehead atoms.